The van der Waals surface area contributed by atoms with E-state index in [0.717, 1.165) is 0 Å². The van der Waals surface area contributed by atoms with Crippen molar-refractivity contribution in [2.45, 2.75) is 33.8 Å². The van der Waals surface area contributed by atoms with Crippen LogP contribution < -0.4 is 10.6 Å². The molecular weight excluding hydrogens is 320 g/mol. The molecule has 2 amide bonds. The van der Waals surface area contributed by atoms with Gasteiger partial charge in [0.1, 0.15) is 18.5 Å². The van der Waals surface area contributed by atoms with Gasteiger partial charge in [-0.3, -0.25) is 10.6 Å². The molecule has 0 aliphatic carbocycles. The minimum Gasteiger partial charge on any atom is -0.505 e. The van der Waals surface area contributed by atoms with E-state index < -0.39 is 24.9 Å². The van der Waals surface area contributed by atoms with E-state index in [1.807, 2.05) is 0 Å². The minimum absolute atomic E-state index is 0.0742. The second-order valence-electron chi connectivity index (χ2n) is 4.72. The Morgan fingerprint density at radius 3 is 2.08 bits per heavy atom. The average Bonchev–Trinajstić information content (AvgIpc) is 2.42. The second kappa shape index (κ2) is 10.9. The SMILES string of the molecule is CC(O)=C=C(C)OC(=O)NC(C)=C=C(C)NC(=O)OCC(O)CO. The zero-order chi connectivity index (χ0) is 18.7. The number of alkyl carbamates (subject to hydrolysis) is 2. The van der Waals surface area contributed by atoms with Crippen molar-refractivity contribution < 1.29 is 34.4 Å². The molecule has 24 heavy (non-hydrogen) atoms. The number of amides is 2. The van der Waals surface area contributed by atoms with Gasteiger partial charge in [0.25, 0.3) is 0 Å². The van der Waals surface area contributed by atoms with Gasteiger partial charge in [-0.2, -0.15) is 0 Å². The first kappa shape index (κ1) is 21.3. The smallest absolute Gasteiger partial charge is 0.417 e. The zero-order valence-corrected chi connectivity index (χ0v) is 14.0. The lowest BCUT2D eigenvalue weighted by atomic mass is 10.4. The standard InChI is InChI=1S/C15H22N2O7/c1-9(16-14(21)23-8-13(20)7-18)5-10(2)17-15(22)24-12(4)6-11(3)19/h13,18-20H,7-8H2,1-4H3,(H,16,21)(H,17,22). The molecule has 0 aliphatic rings. The number of rotatable bonds is 6. The monoisotopic (exact) mass is 342 g/mol. The fraction of sp³-hybridized carbons (Fsp3) is 0.467. The van der Waals surface area contributed by atoms with Crippen LogP contribution in [0.15, 0.2) is 34.4 Å². The van der Waals surface area contributed by atoms with Crippen LogP contribution in [0.1, 0.15) is 27.7 Å². The molecule has 0 spiro atoms. The largest absolute Gasteiger partial charge is 0.505 e. The molecule has 134 valence electrons. The molecule has 0 rings (SSSR count). The molecule has 0 bridgehead atoms. The van der Waals surface area contributed by atoms with Crippen molar-refractivity contribution in [1.82, 2.24) is 10.6 Å². The van der Waals surface area contributed by atoms with E-state index in [1.54, 1.807) is 0 Å². The van der Waals surface area contributed by atoms with Gasteiger partial charge in [0.15, 0.2) is 5.76 Å². The quantitative estimate of drug-likeness (QED) is 0.361. The lowest BCUT2D eigenvalue weighted by Crippen LogP contribution is -2.28. The van der Waals surface area contributed by atoms with E-state index in [4.69, 9.17) is 20.1 Å². The summed E-state index contributed by atoms with van der Waals surface area (Å²) in [6, 6.07) is 0. The van der Waals surface area contributed by atoms with Crippen LogP contribution in [0.25, 0.3) is 0 Å². The first-order valence-corrected chi connectivity index (χ1v) is 6.92. The number of aliphatic hydroxyl groups excluding tert-OH is 3. The highest BCUT2D eigenvalue weighted by Crippen LogP contribution is 1.98. The van der Waals surface area contributed by atoms with E-state index in [1.165, 1.54) is 27.7 Å². The maximum Gasteiger partial charge on any atom is 0.417 e. The molecule has 0 saturated heterocycles. The molecule has 0 fully saturated rings. The van der Waals surface area contributed by atoms with E-state index in [0.29, 0.717) is 0 Å². The van der Waals surface area contributed by atoms with Crippen molar-refractivity contribution in [2.75, 3.05) is 13.2 Å². The van der Waals surface area contributed by atoms with Crippen molar-refractivity contribution in [3.8, 4) is 0 Å². The van der Waals surface area contributed by atoms with Gasteiger partial charge >= 0.3 is 12.2 Å². The molecule has 0 radical (unpaired) electrons. The molecule has 0 aliphatic heterocycles. The van der Waals surface area contributed by atoms with Crippen LogP contribution >= 0.6 is 0 Å². The van der Waals surface area contributed by atoms with Gasteiger partial charge in [-0.05, 0) is 19.6 Å². The lowest BCUT2D eigenvalue weighted by molar-refractivity contribution is 0.0329. The summed E-state index contributed by atoms with van der Waals surface area (Å²) in [7, 11) is 0. The Bertz CT molecular complexity index is 593. The first-order valence-electron chi connectivity index (χ1n) is 6.92. The van der Waals surface area contributed by atoms with Crippen LogP contribution in [-0.4, -0.2) is 46.8 Å². The number of ether oxygens (including phenoxy) is 2. The van der Waals surface area contributed by atoms with Crippen LogP contribution in [0, 0.1) is 0 Å². The summed E-state index contributed by atoms with van der Waals surface area (Å²) >= 11 is 0. The van der Waals surface area contributed by atoms with Gasteiger partial charge in [-0.25, -0.2) is 9.59 Å². The highest BCUT2D eigenvalue weighted by atomic mass is 16.6. The fourth-order valence-electron chi connectivity index (χ4n) is 1.36. The highest BCUT2D eigenvalue weighted by Gasteiger charge is 2.08. The fourth-order valence-corrected chi connectivity index (χ4v) is 1.36. The number of carbonyl (C=O) groups is 2. The highest BCUT2D eigenvalue weighted by molar-refractivity contribution is 5.71. The minimum atomic E-state index is -1.15. The summed E-state index contributed by atoms with van der Waals surface area (Å²) in [6.45, 7) is 4.96. The summed E-state index contributed by atoms with van der Waals surface area (Å²) in [5.74, 6) is -0.0533. The third-order valence-electron chi connectivity index (χ3n) is 2.17. The molecule has 1 unspecified atom stereocenters. The third kappa shape index (κ3) is 10.9. The van der Waals surface area contributed by atoms with E-state index in [2.05, 4.69) is 26.8 Å². The maximum absolute atomic E-state index is 11.5. The van der Waals surface area contributed by atoms with Crippen molar-refractivity contribution >= 4 is 12.2 Å². The Morgan fingerprint density at radius 1 is 1.04 bits per heavy atom. The number of allylic oxidation sites excluding steroid dienone is 2. The number of carbonyl (C=O) groups excluding carboxylic acids is 2. The van der Waals surface area contributed by atoms with Crippen LogP contribution in [0.5, 0.6) is 0 Å². The number of hydrogen-bond donors (Lipinski definition) is 5. The molecule has 0 aromatic heterocycles. The normalized spacial score (nSPS) is 10.4. The van der Waals surface area contributed by atoms with Gasteiger partial charge in [0.05, 0.1) is 18.0 Å². The molecule has 0 aromatic carbocycles. The van der Waals surface area contributed by atoms with Crippen LogP contribution in [0.4, 0.5) is 9.59 Å². The van der Waals surface area contributed by atoms with Gasteiger partial charge in [-0.1, -0.05) is 5.73 Å². The summed E-state index contributed by atoms with van der Waals surface area (Å²) in [6.07, 6.45) is -2.81. The van der Waals surface area contributed by atoms with E-state index in [9.17, 15) is 9.59 Å². The first-order chi connectivity index (χ1) is 11.1. The average molecular weight is 342 g/mol. The van der Waals surface area contributed by atoms with Crippen molar-refractivity contribution in [1.29, 1.82) is 0 Å². The predicted octanol–water partition coefficient (Wildman–Crippen LogP) is 1.16. The zero-order valence-electron chi connectivity index (χ0n) is 14.0. The predicted molar refractivity (Wildman–Crippen MR) is 83.6 cm³/mol. The van der Waals surface area contributed by atoms with Crippen molar-refractivity contribution in [3.63, 3.8) is 0 Å². The van der Waals surface area contributed by atoms with E-state index in [-0.39, 0.29) is 29.5 Å². The Balaban J connectivity index is 4.63. The Labute approximate surface area is 139 Å². The Kier molecular flexibility index (Phi) is 9.70. The number of aliphatic hydroxyl groups is 3. The molecule has 0 aromatic rings. The van der Waals surface area contributed by atoms with Gasteiger partial charge in [0.2, 0.25) is 0 Å². The molecule has 5 N–H and O–H groups in total. The molecule has 1 atom stereocenters. The van der Waals surface area contributed by atoms with Crippen LogP contribution in [0.3, 0.4) is 0 Å². The summed E-state index contributed by atoms with van der Waals surface area (Å²) in [5.41, 5.74) is 5.57. The maximum atomic E-state index is 11.5. The molecule has 0 heterocycles. The summed E-state index contributed by atoms with van der Waals surface area (Å²) in [5, 5.41) is 31.3. The summed E-state index contributed by atoms with van der Waals surface area (Å²) < 4.78 is 9.45. The molecular formula is C15H22N2O7. The van der Waals surface area contributed by atoms with Gasteiger partial charge in [-0.15, -0.1) is 0 Å². The number of nitrogens with one attached hydrogen (secondary N) is 2. The number of hydrogen-bond acceptors (Lipinski definition) is 7. The lowest BCUT2D eigenvalue weighted by Gasteiger charge is -2.09. The van der Waals surface area contributed by atoms with Crippen molar-refractivity contribution in [3.05, 3.63) is 34.4 Å². The van der Waals surface area contributed by atoms with Gasteiger partial charge in [0, 0.05) is 13.8 Å². The second-order valence-corrected chi connectivity index (χ2v) is 4.72. The summed E-state index contributed by atoms with van der Waals surface area (Å²) in [4.78, 5) is 22.9. The topological polar surface area (TPSA) is 137 Å². The molecule has 9 nitrogen and oxygen atoms in total. The molecule has 0 saturated carbocycles. The van der Waals surface area contributed by atoms with Gasteiger partial charge < -0.3 is 24.8 Å². The molecule has 9 heteroatoms. The Hall–Kier alpha value is -2.70. The Morgan fingerprint density at radius 2 is 1.58 bits per heavy atom. The van der Waals surface area contributed by atoms with Crippen LogP contribution in [0.2, 0.25) is 0 Å². The third-order valence-corrected chi connectivity index (χ3v) is 2.17. The van der Waals surface area contributed by atoms with Crippen molar-refractivity contribution in [2.24, 2.45) is 0 Å². The van der Waals surface area contributed by atoms with E-state index >= 15 is 0 Å². The van der Waals surface area contributed by atoms with Crippen LogP contribution in [-0.2, 0) is 9.47 Å².